The zero-order chi connectivity index (χ0) is 23.2. The summed E-state index contributed by atoms with van der Waals surface area (Å²) in [6.45, 7) is 0. The third-order valence-corrected chi connectivity index (χ3v) is 4.75. The number of carboxylic acids is 2. The molecule has 0 saturated carbocycles. The largest absolute Gasteiger partial charge is 0.478 e. The smallest absolute Gasteiger partial charge is 0.335 e. The van der Waals surface area contributed by atoms with Crippen molar-refractivity contribution in [2.45, 2.75) is 0 Å². The monoisotopic (exact) mass is 438 g/mol. The predicted molar refractivity (Wildman–Crippen MR) is 124 cm³/mol. The molecule has 0 amide bonds. The van der Waals surface area contributed by atoms with E-state index in [2.05, 4.69) is 9.97 Å². The fourth-order valence-corrected chi connectivity index (χ4v) is 3.15. The number of hydrogen-bond donors (Lipinski definition) is 2. The quantitative estimate of drug-likeness (QED) is 0.393. The van der Waals surface area contributed by atoms with Gasteiger partial charge in [-0.3, -0.25) is 0 Å². The van der Waals surface area contributed by atoms with E-state index >= 15 is 0 Å². The molecule has 2 heterocycles. The van der Waals surface area contributed by atoms with Crippen LogP contribution in [0.2, 0.25) is 0 Å². The van der Waals surface area contributed by atoms with E-state index in [-0.39, 0.29) is 11.1 Å². The van der Waals surface area contributed by atoms with Gasteiger partial charge in [-0.1, -0.05) is 42.5 Å². The third-order valence-electron chi connectivity index (χ3n) is 4.75. The van der Waals surface area contributed by atoms with Crippen molar-refractivity contribution in [3.8, 4) is 11.4 Å². The number of carboxylic acid groups (broad SMARTS) is 2. The van der Waals surface area contributed by atoms with Crippen molar-refractivity contribution in [2.75, 3.05) is 0 Å². The highest BCUT2D eigenvalue weighted by Gasteiger charge is 2.10. The first kappa shape index (κ1) is 21.5. The first-order chi connectivity index (χ1) is 16.0. The molecule has 7 heteroatoms. The van der Waals surface area contributed by atoms with E-state index < -0.39 is 11.9 Å². The van der Waals surface area contributed by atoms with Crippen LogP contribution < -0.4 is 0 Å². The normalized spacial score (nSPS) is 11.3. The summed E-state index contributed by atoms with van der Waals surface area (Å²) in [5.41, 5.74) is 3.69. The Morgan fingerprint density at radius 2 is 1.36 bits per heavy atom. The van der Waals surface area contributed by atoms with Crippen LogP contribution in [-0.2, 0) is 0 Å². The summed E-state index contributed by atoms with van der Waals surface area (Å²) in [5, 5.41) is 18.3. The summed E-state index contributed by atoms with van der Waals surface area (Å²) in [7, 11) is 0. The highest BCUT2D eigenvalue weighted by atomic mass is 16.4. The molecule has 0 unspecified atom stereocenters. The number of hydrogen-bond acceptors (Lipinski definition) is 5. The lowest BCUT2D eigenvalue weighted by Crippen LogP contribution is -1.95. The summed E-state index contributed by atoms with van der Waals surface area (Å²) in [4.78, 5) is 31.2. The summed E-state index contributed by atoms with van der Waals surface area (Å²) in [6, 6.07) is 18.7. The molecule has 2 aromatic heterocycles. The van der Waals surface area contributed by atoms with E-state index in [1.165, 1.54) is 18.5 Å². The van der Waals surface area contributed by atoms with Gasteiger partial charge in [-0.15, -0.1) is 0 Å². The van der Waals surface area contributed by atoms with Gasteiger partial charge in [-0.25, -0.2) is 19.6 Å². The number of nitrogens with zero attached hydrogens (tertiary/aromatic N) is 2. The van der Waals surface area contributed by atoms with E-state index in [9.17, 15) is 9.59 Å². The van der Waals surface area contributed by atoms with Crippen LogP contribution in [0.15, 0.2) is 77.5 Å². The molecule has 0 aliphatic rings. The highest BCUT2D eigenvalue weighted by Crippen LogP contribution is 2.23. The van der Waals surface area contributed by atoms with Crippen molar-refractivity contribution in [3.63, 3.8) is 0 Å². The Kier molecular flexibility index (Phi) is 6.22. The summed E-state index contributed by atoms with van der Waals surface area (Å²) < 4.78 is 5.50. The Bertz CT molecular complexity index is 1380. The molecule has 0 spiro atoms. The maximum absolute atomic E-state index is 11.2. The van der Waals surface area contributed by atoms with Gasteiger partial charge in [-0.05, 0) is 59.7 Å². The van der Waals surface area contributed by atoms with Crippen molar-refractivity contribution < 1.29 is 24.2 Å². The van der Waals surface area contributed by atoms with Gasteiger partial charge < -0.3 is 14.6 Å². The number of pyridine rings is 1. The molecule has 4 rings (SSSR count). The lowest BCUT2D eigenvalue weighted by Gasteiger charge is -2.01. The lowest BCUT2D eigenvalue weighted by molar-refractivity contribution is 0.0686. The standard InChI is InChI=1S/C26H18N2O5/c29-25(30)19-6-1-4-17(14-19)10-12-21-8-3-9-22(28-21)24-23(33-16-27-24)13-11-18-5-2-7-20(15-18)26(31)32/h1-16H,(H,29,30)(H,31,32)/b12-10+,13-11+. The zero-order valence-corrected chi connectivity index (χ0v) is 17.3. The molecular formula is C26H18N2O5. The number of benzene rings is 2. The fraction of sp³-hybridized carbons (Fsp3) is 0. The van der Waals surface area contributed by atoms with Crippen LogP contribution in [0.4, 0.5) is 0 Å². The number of aromatic nitrogens is 2. The molecule has 0 radical (unpaired) electrons. The number of aromatic carboxylic acids is 2. The molecule has 33 heavy (non-hydrogen) atoms. The van der Waals surface area contributed by atoms with Crippen molar-refractivity contribution in [1.82, 2.24) is 9.97 Å². The molecule has 4 aromatic rings. The van der Waals surface area contributed by atoms with Crippen LogP contribution in [0.1, 0.15) is 43.3 Å². The van der Waals surface area contributed by atoms with E-state index in [0.29, 0.717) is 28.4 Å². The van der Waals surface area contributed by atoms with Gasteiger partial charge in [-0.2, -0.15) is 0 Å². The van der Waals surface area contributed by atoms with Crippen molar-refractivity contribution in [2.24, 2.45) is 0 Å². The lowest BCUT2D eigenvalue weighted by atomic mass is 10.1. The summed E-state index contributed by atoms with van der Waals surface area (Å²) in [5.74, 6) is -1.49. The van der Waals surface area contributed by atoms with E-state index in [0.717, 1.165) is 5.56 Å². The fourth-order valence-electron chi connectivity index (χ4n) is 3.15. The van der Waals surface area contributed by atoms with Crippen molar-refractivity contribution in [1.29, 1.82) is 0 Å². The first-order valence-electron chi connectivity index (χ1n) is 9.93. The topological polar surface area (TPSA) is 114 Å². The van der Waals surface area contributed by atoms with Crippen LogP contribution in [0.25, 0.3) is 35.7 Å². The minimum atomic E-state index is -0.991. The molecule has 2 N–H and O–H groups in total. The molecule has 2 aromatic carbocycles. The average Bonchev–Trinajstić information content (AvgIpc) is 3.31. The molecule has 0 saturated heterocycles. The Balaban J connectivity index is 1.57. The molecule has 7 nitrogen and oxygen atoms in total. The number of carbonyl (C=O) groups is 2. The Hall–Kier alpha value is -4.78. The minimum Gasteiger partial charge on any atom is -0.478 e. The maximum Gasteiger partial charge on any atom is 0.335 e. The summed E-state index contributed by atoms with van der Waals surface area (Å²) >= 11 is 0. The van der Waals surface area contributed by atoms with Crippen LogP contribution in [0, 0.1) is 0 Å². The molecule has 0 bridgehead atoms. The average molecular weight is 438 g/mol. The Morgan fingerprint density at radius 1 is 0.758 bits per heavy atom. The zero-order valence-electron chi connectivity index (χ0n) is 17.3. The number of rotatable bonds is 7. The van der Waals surface area contributed by atoms with Gasteiger partial charge in [0, 0.05) is 0 Å². The van der Waals surface area contributed by atoms with Gasteiger partial charge in [0.1, 0.15) is 5.69 Å². The van der Waals surface area contributed by atoms with Gasteiger partial charge in [0.25, 0.3) is 0 Å². The first-order valence-corrected chi connectivity index (χ1v) is 9.93. The van der Waals surface area contributed by atoms with Gasteiger partial charge >= 0.3 is 11.9 Å². The molecule has 0 aliphatic heterocycles. The Labute approximate surface area is 189 Å². The molecule has 0 atom stereocenters. The SMILES string of the molecule is O=C(O)c1cccc(/C=C/c2cccc(-c3ncoc3/C=C/c3cccc(C(=O)O)c3)n2)c1. The van der Waals surface area contributed by atoms with Gasteiger partial charge in [0.2, 0.25) is 0 Å². The van der Waals surface area contributed by atoms with Crippen LogP contribution >= 0.6 is 0 Å². The molecule has 0 fully saturated rings. The minimum absolute atomic E-state index is 0.199. The van der Waals surface area contributed by atoms with Gasteiger partial charge in [0.05, 0.1) is 22.5 Å². The van der Waals surface area contributed by atoms with Crippen LogP contribution in [-0.4, -0.2) is 32.1 Å². The second kappa shape index (κ2) is 9.57. The van der Waals surface area contributed by atoms with Crippen molar-refractivity contribution >= 4 is 36.2 Å². The molecule has 162 valence electrons. The molecule has 0 aliphatic carbocycles. The second-order valence-electron chi connectivity index (χ2n) is 7.04. The van der Waals surface area contributed by atoms with E-state index in [1.54, 1.807) is 54.6 Å². The second-order valence-corrected chi connectivity index (χ2v) is 7.04. The van der Waals surface area contributed by atoms with Crippen LogP contribution in [0.3, 0.4) is 0 Å². The van der Waals surface area contributed by atoms with E-state index in [1.807, 2.05) is 24.3 Å². The third kappa shape index (κ3) is 5.29. The van der Waals surface area contributed by atoms with E-state index in [4.69, 9.17) is 14.6 Å². The number of oxazole rings is 1. The Morgan fingerprint density at radius 3 is 2.00 bits per heavy atom. The predicted octanol–water partition coefficient (Wildman–Crippen LogP) is 5.47. The summed E-state index contributed by atoms with van der Waals surface area (Å²) in [6.07, 6.45) is 8.36. The van der Waals surface area contributed by atoms with Crippen molar-refractivity contribution in [3.05, 3.63) is 107 Å². The highest BCUT2D eigenvalue weighted by molar-refractivity contribution is 5.89. The van der Waals surface area contributed by atoms with Gasteiger partial charge in [0.15, 0.2) is 12.2 Å². The maximum atomic E-state index is 11.2. The van der Waals surface area contributed by atoms with Crippen LogP contribution in [0.5, 0.6) is 0 Å². The molecular weight excluding hydrogens is 420 g/mol.